The molecule has 2 aromatic rings. The van der Waals surface area contributed by atoms with Crippen molar-refractivity contribution in [3.05, 3.63) is 41.6 Å². The zero-order valence-electron chi connectivity index (χ0n) is 14.1. The van der Waals surface area contributed by atoms with Crippen LogP contribution in [-0.4, -0.2) is 39.3 Å². The fraction of sp³-hybridized carbons (Fsp3) is 0.294. The van der Waals surface area contributed by atoms with E-state index < -0.39 is 0 Å². The molecular formula is C17H20N2O5. The molecule has 24 heavy (non-hydrogen) atoms. The van der Waals surface area contributed by atoms with Crippen molar-refractivity contribution in [3.63, 3.8) is 0 Å². The lowest BCUT2D eigenvalue weighted by Crippen LogP contribution is -2.23. The minimum Gasteiger partial charge on any atom is -0.493 e. The Labute approximate surface area is 140 Å². The van der Waals surface area contributed by atoms with Gasteiger partial charge in [-0.1, -0.05) is 0 Å². The van der Waals surface area contributed by atoms with Gasteiger partial charge in [-0.15, -0.1) is 0 Å². The fourth-order valence-electron chi connectivity index (χ4n) is 2.24. The summed E-state index contributed by atoms with van der Waals surface area (Å²) in [6, 6.07) is 6.89. The first-order valence-corrected chi connectivity index (χ1v) is 7.20. The van der Waals surface area contributed by atoms with Crippen LogP contribution in [0, 0.1) is 0 Å². The third-order valence-corrected chi connectivity index (χ3v) is 3.39. The predicted octanol–water partition coefficient (Wildman–Crippen LogP) is 2.05. The Morgan fingerprint density at radius 3 is 2.25 bits per heavy atom. The van der Waals surface area contributed by atoms with Gasteiger partial charge < -0.3 is 24.3 Å². The van der Waals surface area contributed by atoms with E-state index in [0.29, 0.717) is 22.8 Å². The second kappa shape index (κ2) is 8.05. The van der Waals surface area contributed by atoms with Crippen LogP contribution in [0.15, 0.2) is 30.5 Å². The van der Waals surface area contributed by atoms with Crippen LogP contribution in [0.25, 0.3) is 0 Å². The summed E-state index contributed by atoms with van der Waals surface area (Å²) in [6.07, 6.45) is 1.56. The fourth-order valence-corrected chi connectivity index (χ4v) is 2.24. The summed E-state index contributed by atoms with van der Waals surface area (Å²) >= 11 is 0. The summed E-state index contributed by atoms with van der Waals surface area (Å²) < 4.78 is 21.0. The highest BCUT2D eigenvalue weighted by Gasteiger charge is 2.15. The molecule has 1 aromatic heterocycles. The summed E-state index contributed by atoms with van der Waals surface area (Å²) in [5.41, 5.74) is 1.17. The second-order valence-electron chi connectivity index (χ2n) is 4.78. The molecule has 0 saturated heterocycles. The molecule has 0 radical (unpaired) electrons. The van der Waals surface area contributed by atoms with Crippen molar-refractivity contribution in [3.8, 4) is 23.1 Å². The highest BCUT2D eigenvalue weighted by Crippen LogP contribution is 2.38. The van der Waals surface area contributed by atoms with E-state index in [1.54, 1.807) is 44.7 Å². The molecule has 1 amide bonds. The number of hydrogen-bond donors (Lipinski definition) is 1. The van der Waals surface area contributed by atoms with Crippen LogP contribution >= 0.6 is 0 Å². The van der Waals surface area contributed by atoms with Gasteiger partial charge >= 0.3 is 0 Å². The lowest BCUT2D eigenvalue weighted by Gasteiger charge is -2.14. The molecule has 0 bridgehead atoms. The van der Waals surface area contributed by atoms with Crippen molar-refractivity contribution in [2.75, 3.05) is 28.4 Å². The molecule has 0 aliphatic rings. The number of hydrogen-bond acceptors (Lipinski definition) is 6. The largest absolute Gasteiger partial charge is 0.493 e. The Bertz CT molecular complexity index is 693. The monoisotopic (exact) mass is 332 g/mol. The van der Waals surface area contributed by atoms with Crippen LogP contribution < -0.4 is 24.3 Å². The number of amides is 1. The van der Waals surface area contributed by atoms with Gasteiger partial charge in [0, 0.05) is 12.7 Å². The lowest BCUT2D eigenvalue weighted by molar-refractivity contribution is 0.0947. The van der Waals surface area contributed by atoms with Gasteiger partial charge in [0.05, 0.1) is 28.4 Å². The molecule has 1 N–H and O–H groups in total. The van der Waals surface area contributed by atoms with E-state index in [-0.39, 0.29) is 18.3 Å². The van der Waals surface area contributed by atoms with Gasteiger partial charge in [-0.2, -0.15) is 0 Å². The van der Waals surface area contributed by atoms with Crippen LogP contribution in [-0.2, 0) is 6.54 Å². The van der Waals surface area contributed by atoms with Gasteiger partial charge in [0.2, 0.25) is 11.6 Å². The number of aromatic nitrogens is 1. The lowest BCUT2D eigenvalue weighted by atomic mass is 10.1. The highest BCUT2D eigenvalue weighted by atomic mass is 16.5. The van der Waals surface area contributed by atoms with Gasteiger partial charge in [-0.05, 0) is 29.8 Å². The minimum absolute atomic E-state index is 0.278. The molecule has 1 aromatic carbocycles. The van der Waals surface area contributed by atoms with Crippen LogP contribution in [0.2, 0.25) is 0 Å². The van der Waals surface area contributed by atoms with E-state index in [2.05, 4.69) is 10.3 Å². The first-order valence-electron chi connectivity index (χ1n) is 7.20. The Hall–Kier alpha value is -2.96. The molecule has 0 aliphatic heterocycles. The van der Waals surface area contributed by atoms with Crippen LogP contribution in [0.3, 0.4) is 0 Å². The standard InChI is InChI=1S/C17H20N2O5/c1-21-13-8-11(9-14(22-2)15(13)23-3)10-19-16(20)12-6-5-7-18-17(12)24-4/h5-9H,10H2,1-4H3,(H,19,20). The summed E-state index contributed by atoms with van der Waals surface area (Å²) in [7, 11) is 6.09. The van der Waals surface area contributed by atoms with E-state index in [1.165, 1.54) is 14.2 Å². The minimum atomic E-state index is -0.284. The van der Waals surface area contributed by atoms with E-state index in [1.807, 2.05) is 0 Å². The number of pyridine rings is 1. The van der Waals surface area contributed by atoms with Crippen molar-refractivity contribution in [2.24, 2.45) is 0 Å². The van der Waals surface area contributed by atoms with Crippen LogP contribution in [0.5, 0.6) is 23.1 Å². The summed E-state index contributed by atoms with van der Waals surface area (Å²) in [5, 5.41) is 2.82. The van der Waals surface area contributed by atoms with Crippen molar-refractivity contribution >= 4 is 5.91 Å². The van der Waals surface area contributed by atoms with Crippen molar-refractivity contribution < 1.29 is 23.7 Å². The zero-order chi connectivity index (χ0) is 17.5. The summed E-state index contributed by atoms with van der Waals surface area (Å²) in [4.78, 5) is 16.3. The maximum atomic E-state index is 12.3. The molecule has 128 valence electrons. The van der Waals surface area contributed by atoms with Gasteiger partial charge in [-0.3, -0.25) is 4.79 Å². The van der Waals surface area contributed by atoms with Crippen LogP contribution in [0.1, 0.15) is 15.9 Å². The van der Waals surface area contributed by atoms with E-state index in [4.69, 9.17) is 18.9 Å². The third-order valence-electron chi connectivity index (χ3n) is 3.39. The molecule has 0 fully saturated rings. The topological polar surface area (TPSA) is 78.9 Å². The molecule has 2 rings (SSSR count). The Balaban J connectivity index is 2.18. The summed E-state index contributed by atoms with van der Waals surface area (Å²) in [5.74, 6) is 1.55. The highest BCUT2D eigenvalue weighted by molar-refractivity contribution is 5.96. The molecule has 1 heterocycles. The van der Waals surface area contributed by atoms with Gasteiger partial charge in [0.25, 0.3) is 5.91 Å². The molecule has 0 saturated carbocycles. The number of carbonyl (C=O) groups excluding carboxylic acids is 1. The number of benzene rings is 1. The number of nitrogens with one attached hydrogen (secondary N) is 1. The first kappa shape index (κ1) is 17.4. The number of carbonyl (C=O) groups is 1. The van der Waals surface area contributed by atoms with Gasteiger partial charge in [0.1, 0.15) is 5.56 Å². The van der Waals surface area contributed by atoms with E-state index >= 15 is 0 Å². The molecule has 0 spiro atoms. The quantitative estimate of drug-likeness (QED) is 0.836. The van der Waals surface area contributed by atoms with Crippen molar-refractivity contribution in [2.45, 2.75) is 6.54 Å². The van der Waals surface area contributed by atoms with Gasteiger partial charge in [0.15, 0.2) is 11.5 Å². The predicted molar refractivity (Wildman–Crippen MR) is 88.1 cm³/mol. The Morgan fingerprint density at radius 1 is 1.04 bits per heavy atom. The zero-order valence-corrected chi connectivity index (χ0v) is 14.1. The molecule has 7 heteroatoms. The average Bonchev–Trinajstić information content (AvgIpc) is 2.64. The van der Waals surface area contributed by atoms with Crippen LogP contribution in [0.4, 0.5) is 0 Å². The number of rotatable bonds is 7. The number of nitrogens with zero attached hydrogens (tertiary/aromatic N) is 1. The maximum absolute atomic E-state index is 12.3. The number of methoxy groups -OCH3 is 4. The maximum Gasteiger partial charge on any atom is 0.257 e. The Kier molecular flexibility index (Phi) is 5.83. The second-order valence-corrected chi connectivity index (χ2v) is 4.78. The normalized spacial score (nSPS) is 10.0. The molecule has 7 nitrogen and oxygen atoms in total. The molecule has 0 atom stereocenters. The summed E-state index contributed by atoms with van der Waals surface area (Å²) in [6.45, 7) is 0.285. The smallest absolute Gasteiger partial charge is 0.257 e. The third kappa shape index (κ3) is 3.68. The van der Waals surface area contributed by atoms with Gasteiger partial charge in [-0.25, -0.2) is 4.98 Å². The SMILES string of the molecule is COc1cc(CNC(=O)c2cccnc2OC)cc(OC)c1OC. The molecule has 0 aliphatic carbocycles. The van der Waals surface area contributed by atoms with Crippen molar-refractivity contribution in [1.29, 1.82) is 0 Å². The molecular weight excluding hydrogens is 312 g/mol. The first-order chi connectivity index (χ1) is 11.6. The van der Waals surface area contributed by atoms with Crippen molar-refractivity contribution in [1.82, 2.24) is 10.3 Å². The average molecular weight is 332 g/mol. The van der Waals surface area contributed by atoms with E-state index in [0.717, 1.165) is 5.56 Å². The Morgan fingerprint density at radius 2 is 1.71 bits per heavy atom. The van der Waals surface area contributed by atoms with E-state index in [9.17, 15) is 4.79 Å². The molecule has 0 unspecified atom stereocenters. The number of ether oxygens (including phenoxy) is 4.